The number of hydrogen-bond donors (Lipinski definition) is 1. The van der Waals surface area contributed by atoms with Gasteiger partial charge in [0.15, 0.2) is 5.16 Å². The smallest absolute Gasteiger partial charge is 0.266 e. The van der Waals surface area contributed by atoms with Crippen molar-refractivity contribution in [2.45, 2.75) is 5.16 Å². The number of amides is 1. The summed E-state index contributed by atoms with van der Waals surface area (Å²) in [6.07, 6.45) is 0. The summed E-state index contributed by atoms with van der Waals surface area (Å²) < 4.78 is 20.0. The molecule has 4 rings (SSSR count). The summed E-state index contributed by atoms with van der Waals surface area (Å²) in [5.74, 6) is -0.301. The molecule has 0 aliphatic heterocycles. The van der Waals surface area contributed by atoms with Crippen molar-refractivity contribution in [1.82, 2.24) is 9.55 Å². The zero-order valence-electron chi connectivity index (χ0n) is 16.8. The maximum absolute atomic E-state index is 13.4. The van der Waals surface area contributed by atoms with Crippen LogP contribution in [-0.2, 0) is 4.79 Å². The molecule has 4 aromatic rings. The van der Waals surface area contributed by atoms with E-state index in [1.165, 1.54) is 35.9 Å². The molecule has 9 heteroatoms. The molecule has 0 radical (unpaired) electrons. The van der Waals surface area contributed by atoms with Crippen molar-refractivity contribution in [3.63, 3.8) is 0 Å². The second-order valence-corrected chi connectivity index (χ2v) is 8.09. The summed E-state index contributed by atoms with van der Waals surface area (Å²) in [5.41, 5.74) is 1.10. The van der Waals surface area contributed by atoms with Crippen molar-refractivity contribution in [2.24, 2.45) is 0 Å². The highest BCUT2D eigenvalue weighted by Crippen LogP contribution is 2.28. The van der Waals surface area contributed by atoms with Crippen molar-refractivity contribution >= 4 is 45.9 Å². The van der Waals surface area contributed by atoms with Crippen LogP contribution in [0.3, 0.4) is 0 Å². The third-order valence-electron chi connectivity index (χ3n) is 4.60. The van der Waals surface area contributed by atoms with Gasteiger partial charge in [-0.15, -0.1) is 0 Å². The molecule has 0 spiro atoms. The van der Waals surface area contributed by atoms with Gasteiger partial charge in [-0.25, -0.2) is 9.37 Å². The molecule has 0 atom stereocenters. The second kappa shape index (κ2) is 9.42. The predicted octanol–water partition coefficient (Wildman–Crippen LogP) is 4.92. The normalized spacial score (nSPS) is 10.8. The van der Waals surface area contributed by atoms with Gasteiger partial charge in [-0.05, 0) is 54.6 Å². The molecule has 6 nitrogen and oxygen atoms in total. The molecule has 0 saturated carbocycles. The van der Waals surface area contributed by atoms with Gasteiger partial charge in [0.25, 0.3) is 5.56 Å². The Kier molecular flexibility index (Phi) is 6.43. The topological polar surface area (TPSA) is 73.2 Å². The molecular weight excluding hydrogens is 453 g/mol. The zero-order chi connectivity index (χ0) is 22.7. The lowest BCUT2D eigenvalue weighted by molar-refractivity contribution is -0.113. The summed E-state index contributed by atoms with van der Waals surface area (Å²) in [4.78, 5) is 30.4. The number of halogens is 2. The molecule has 0 unspecified atom stereocenters. The number of benzene rings is 3. The van der Waals surface area contributed by atoms with Crippen LogP contribution in [-0.4, -0.2) is 28.3 Å². The first-order chi connectivity index (χ1) is 15.5. The Bertz CT molecular complexity index is 1360. The Morgan fingerprint density at radius 2 is 1.91 bits per heavy atom. The summed E-state index contributed by atoms with van der Waals surface area (Å²) in [5, 5.41) is 3.95. The Hall–Kier alpha value is -3.36. The first-order valence-electron chi connectivity index (χ1n) is 9.50. The zero-order valence-corrected chi connectivity index (χ0v) is 18.4. The highest BCUT2D eigenvalue weighted by atomic mass is 35.5. The van der Waals surface area contributed by atoms with E-state index < -0.39 is 5.82 Å². The van der Waals surface area contributed by atoms with E-state index in [1.807, 2.05) is 0 Å². The highest BCUT2D eigenvalue weighted by Gasteiger charge is 2.16. The largest absolute Gasteiger partial charge is 0.495 e. The number of carbonyl (C=O) groups is 1. The summed E-state index contributed by atoms with van der Waals surface area (Å²) >= 11 is 7.11. The fraction of sp³-hybridized carbons (Fsp3) is 0.0870. The molecule has 0 bridgehead atoms. The number of rotatable bonds is 6. The fourth-order valence-corrected chi connectivity index (χ4v) is 4.11. The molecule has 0 aliphatic rings. The molecule has 0 aliphatic carbocycles. The van der Waals surface area contributed by atoms with Gasteiger partial charge in [0.1, 0.15) is 11.6 Å². The number of fused-ring (bicyclic) bond motifs is 1. The Balaban J connectivity index is 1.66. The molecule has 1 amide bonds. The first kappa shape index (κ1) is 21.9. The average molecular weight is 470 g/mol. The predicted molar refractivity (Wildman–Crippen MR) is 125 cm³/mol. The van der Waals surface area contributed by atoms with E-state index in [-0.39, 0.29) is 17.2 Å². The first-order valence-corrected chi connectivity index (χ1v) is 10.9. The minimum atomic E-state index is -0.417. The SMILES string of the molecule is COc1ccc(Cl)cc1NC(=O)CSc1nc2ccccc2c(=O)n1-c1ccc(F)cc1. The van der Waals surface area contributed by atoms with E-state index in [4.69, 9.17) is 16.3 Å². The summed E-state index contributed by atoms with van der Waals surface area (Å²) in [6.45, 7) is 0. The van der Waals surface area contributed by atoms with Gasteiger partial charge in [0, 0.05) is 5.02 Å². The van der Waals surface area contributed by atoms with Crippen LogP contribution in [0.15, 0.2) is 76.7 Å². The van der Waals surface area contributed by atoms with Gasteiger partial charge in [0.05, 0.1) is 35.1 Å². The quantitative estimate of drug-likeness (QED) is 0.320. The van der Waals surface area contributed by atoms with E-state index in [0.717, 1.165) is 11.8 Å². The molecular formula is C23H17ClFN3O3S. The van der Waals surface area contributed by atoms with Gasteiger partial charge < -0.3 is 10.1 Å². The van der Waals surface area contributed by atoms with E-state index >= 15 is 0 Å². The number of anilines is 1. The molecule has 32 heavy (non-hydrogen) atoms. The lowest BCUT2D eigenvalue weighted by Gasteiger charge is -2.14. The number of nitrogens with one attached hydrogen (secondary N) is 1. The van der Waals surface area contributed by atoms with Crippen molar-refractivity contribution < 1.29 is 13.9 Å². The van der Waals surface area contributed by atoms with Gasteiger partial charge >= 0.3 is 0 Å². The fourth-order valence-electron chi connectivity index (χ4n) is 3.12. The van der Waals surface area contributed by atoms with Crippen LogP contribution in [0, 0.1) is 5.82 Å². The summed E-state index contributed by atoms with van der Waals surface area (Å²) in [6, 6.07) is 17.4. The highest BCUT2D eigenvalue weighted by molar-refractivity contribution is 7.99. The molecule has 0 saturated heterocycles. The maximum atomic E-state index is 13.4. The number of para-hydroxylation sites is 1. The second-order valence-electron chi connectivity index (χ2n) is 6.71. The van der Waals surface area contributed by atoms with Crippen LogP contribution in [0.25, 0.3) is 16.6 Å². The number of thioether (sulfide) groups is 1. The Morgan fingerprint density at radius 1 is 1.16 bits per heavy atom. The van der Waals surface area contributed by atoms with Crippen LogP contribution in [0.5, 0.6) is 5.75 Å². The van der Waals surface area contributed by atoms with Crippen molar-refractivity contribution in [2.75, 3.05) is 18.2 Å². The lowest BCUT2D eigenvalue weighted by atomic mass is 10.2. The van der Waals surface area contributed by atoms with Crippen LogP contribution in [0.2, 0.25) is 5.02 Å². The van der Waals surface area contributed by atoms with Gasteiger partial charge in [-0.2, -0.15) is 0 Å². The number of carbonyl (C=O) groups excluding carboxylic acids is 1. The number of ether oxygens (including phenoxy) is 1. The average Bonchev–Trinajstić information content (AvgIpc) is 2.79. The molecule has 0 fully saturated rings. The Morgan fingerprint density at radius 3 is 2.66 bits per heavy atom. The number of aromatic nitrogens is 2. The van der Waals surface area contributed by atoms with Crippen molar-refractivity contribution in [3.05, 3.63) is 87.9 Å². The lowest BCUT2D eigenvalue weighted by Crippen LogP contribution is -2.23. The minimum Gasteiger partial charge on any atom is -0.495 e. The molecule has 1 heterocycles. The van der Waals surface area contributed by atoms with E-state index in [0.29, 0.717) is 38.2 Å². The van der Waals surface area contributed by atoms with Gasteiger partial charge in [0.2, 0.25) is 5.91 Å². The van der Waals surface area contributed by atoms with Crippen LogP contribution < -0.4 is 15.6 Å². The van der Waals surface area contributed by atoms with E-state index in [2.05, 4.69) is 10.3 Å². The minimum absolute atomic E-state index is 0.0261. The monoisotopic (exact) mass is 469 g/mol. The van der Waals surface area contributed by atoms with Crippen molar-refractivity contribution in [1.29, 1.82) is 0 Å². The number of hydrogen-bond acceptors (Lipinski definition) is 5. The maximum Gasteiger partial charge on any atom is 0.266 e. The third-order valence-corrected chi connectivity index (χ3v) is 5.77. The number of methoxy groups -OCH3 is 1. The van der Waals surface area contributed by atoms with E-state index in [1.54, 1.807) is 42.5 Å². The van der Waals surface area contributed by atoms with Crippen LogP contribution >= 0.6 is 23.4 Å². The molecule has 1 N–H and O–H groups in total. The standard InChI is InChI=1S/C23H17ClFN3O3S/c1-31-20-11-6-14(24)12-19(20)26-21(29)13-32-23-27-18-5-3-2-4-17(18)22(30)28(23)16-9-7-15(25)8-10-16/h2-12H,13H2,1H3,(H,26,29). The van der Waals surface area contributed by atoms with Crippen LogP contribution in [0.1, 0.15) is 0 Å². The molecule has 3 aromatic carbocycles. The van der Waals surface area contributed by atoms with Crippen LogP contribution in [0.4, 0.5) is 10.1 Å². The van der Waals surface area contributed by atoms with E-state index in [9.17, 15) is 14.0 Å². The van der Waals surface area contributed by atoms with Gasteiger partial charge in [-0.3, -0.25) is 14.2 Å². The van der Waals surface area contributed by atoms with Gasteiger partial charge in [-0.1, -0.05) is 35.5 Å². The third kappa shape index (κ3) is 4.61. The molecule has 162 valence electrons. The van der Waals surface area contributed by atoms with Crippen molar-refractivity contribution in [3.8, 4) is 11.4 Å². The number of nitrogens with zero attached hydrogens (tertiary/aromatic N) is 2. The molecule has 1 aromatic heterocycles. The summed E-state index contributed by atoms with van der Waals surface area (Å²) in [7, 11) is 1.49. The Labute approximate surface area is 192 Å².